The van der Waals surface area contributed by atoms with Crippen molar-refractivity contribution in [2.75, 3.05) is 7.11 Å². The zero-order valence-electron chi connectivity index (χ0n) is 8.56. The summed E-state index contributed by atoms with van der Waals surface area (Å²) in [5.41, 5.74) is 2.03. The first-order valence-corrected chi connectivity index (χ1v) is 5.17. The number of methoxy groups -OCH3 is 1. The number of carbonyl (C=O) groups is 1. The quantitative estimate of drug-likeness (QED) is 0.832. The second-order valence-corrected chi connectivity index (χ2v) is 4.06. The number of aryl methyl sites for hydroxylation is 1. The molecule has 0 aliphatic heterocycles. The second kappa shape index (κ2) is 4.60. The molecule has 14 heavy (non-hydrogen) atoms. The van der Waals surface area contributed by atoms with Crippen molar-refractivity contribution in [3.8, 4) is 5.75 Å². The maximum atomic E-state index is 11.0. The summed E-state index contributed by atoms with van der Waals surface area (Å²) in [5.74, 6) is 0.902. The molecule has 1 aromatic rings. The lowest BCUT2D eigenvalue weighted by Crippen LogP contribution is -2.00. The first kappa shape index (κ1) is 11.2. The number of hydrogen-bond donors (Lipinski definition) is 0. The molecule has 0 amide bonds. The molecule has 0 aliphatic carbocycles. The Labute approximate surface area is 92.4 Å². The van der Waals surface area contributed by atoms with E-state index in [4.69, 9.17) is 4.74 Å². The van der Waals surface area contributed by atoms with Crippen LogP contribution in [0.15, 0.2) is 16.6 Å². The van der Waals surface area contributed by atoms with Gasteiger partial charge in [-0.25, -0.2) is 0 Å². The van der Waals surface area contributed by atoms with E-state index in [1.807, 2.05) is 19.1 Å². The molecule has 0 radical (unpaired) electrons. The van der Waals surface area contributed by atoms with Gasteiger partial charge in [0.05, 0.1) is 11.6 Å². The summed E-state index contributed by atoms with van der Waals surface area (Å²) in [6.07, 6.45) is 0.419. The van der Waals surface area contributed by atoms with E-state index >= 15 is 0 Å². The van der Waals surface area contributed by atoms with Gasteiger partial charge in [-0.05, 0) is 35.3 Å². The second-order valence-electron chi connectivity index (χ2n) is 3.27. The van der Waals surface area contributed by atoms with Gasteiger partial charge < -0.3 is 4.74 Å². The third-order valence-electron chi connectivity index (χ3n) is 2.02. The molecule has 2 nitrogen and oxygen atoms in total. The number of ketones is 1. The summed E-state index contributed by atoms with van der Waals surface area (Å²) in [7, 11) is 1.61. The molecular formula is C11H13BrO2. The molecule has 76 valence electrons. The minimum absolute atomic E-state index is 0.138. The summed E-state index contributed by atoms with van der Waals surface area (Å²) in [4.78, 5) is 11.0. The molecule has 0 unspecified atom stereocenters. The van der Waals surface area contributed by atoms with E-state index in [1.165, 1.54) is 0 Å². The number of rotatable bonds is 3. The van der Waals surface area contributed by atoms with Crippen molar-refractivity contribution in [2.45, 2.75) is 20.3 Å². The highest BCUT2D eigenvalue weighted by Crippen LogP contribution is 2.32. The van der Waals surface area contributed by atoms with E-state index in [-0.39, 0.29) is 5.78 Å². The highest BCUT2D eigenvalue weighted by molar-refractivity contribution is 9.10. The van der Waals surface area contributed by atoms with Crippen LogP contribution in [0.3, 0.4) is 0 Å². The monoisotopic (exact) mass is 256 g/mol. The van der Waals surface area contributed by atoms with Gasteiger partial charge in [0.25, 0.3) is 0 Å². The van der Waals surface area contributed by atoms with Crippen molar-refractivity contribution in [1.29, 1.82) is 0 Å². The van der Waals surface area contributed by atoms with Crippen molar-refractivity contribution in [1.82, 2.24) is 0 Å². The Morgan fingerprint density at radius 1 is 1.50 bits per heavy atom. The fraction of sp³-hybridized carbons (Fsp3) is 0.364. The van der Waals surface area contributed by atoms with E-state index in [0.29, 0.717) is 6.42 Å². The van der Waals surface area contributed by atoms with Crippen LogP contribution < -0.4 is 4.74 Å². The summed E-state index contributed by atoms with van der Waals surface area (Å²) >= 11 is 3.44. The van der Waals surface area contributed by atoms with E-state index in [9.17, 15) is 4.79 Å². The lowest BCUT2D eigenvalue weighted by molar-refractivity contribution is -0.116. The number of hydrogen-bond acceptors (Lipinski definition) is 2. The van der Waals surface area contributed by atoms with Crippen LogP contribution in [0, 0.1) is 6.92 Å². The molecule has 0 saturated carbocycles. The zero-order valence-corrected chi connectivity index (χ0v) is 10.1. The minimum atomic E-state index is 0.138. The van der Waals surface area contributed by atoms with Gasteiger partial charge in [0.1, 0.15) is 11.5 Å². The van der Waals surface area contributed by atoms with Gasteiger partial charge in [-0.15, -0.1) is 0 Å². The number of benzene rings is 1. The van der Waals surface area contributed by atoms with Gasteiger partial charge >= 0.3 is 0 Å². The topological polar surface area (TPSA) is 26.3 Å². The average molecular weight is 257 g/mol. The molecule has 0 aromatic heterocycles. The molecule has 1 aromatic carbocycles. The van der Waals surface area contributed by atoms with Gasteiger partial charge in [-0.1, -0.05) is 12.1 Å². The van der Waals surface area contributed by atoms with Crippen LogP contribution in [-0.4, -0.2) is 12.9 Å². The lowest BCUT2D eigenvalue weighted by Gasteiger charge is -2.11. The molecule has 0 aliphatic rings. The Kier molecular flexibility index (Phi) is 3.69. The maximum absolute atomic E-state index is 11.0. The number of Topliss-reactive ketones (excluding diaryl/α,β-unsaturated/α-hetero) is 1. The Hall–Kier alpha value is -0.830. The smallest absolute Gasteiger partial charge is 0.136 e. The first-order chi connectivity index (χ1) is 6.56. The summed E-state index contributed by atoms with van der Waals surface area (Å²) in [6, 6.07) is 3.91. The van der Waals surface area contributed by atoms with Crippen molar-refractivity contribution in [3.05, 3.63) is 27.7 Å². The lowest BCUT2D eigenvalue weighted by atomic mass is 10.1. The highest BCUT2D eigenvalue weighted by atomic mass is 79.9. The van der Waals surface area contributed by atoms with Crippen LogP contribution in [0.1, 0.15) is 18.1 Å². The van der Waals surface area contributed by atoms with Crippen LogP contribution >= 0.6 is 15.9 Å². The van der Waals surface area contributed by atoms with Gasteiger partial charge in [-0.2, -0.15) is 0 Å². The SMILES string of the molecule is COc1c(CC(C)=O)ccc(C)c1Br. The molecule has 0 spiro atoms. The van der Waals surface area contributed by atoms with Crippen molar-refractivity contribution in [3.63, 3.8) is 0 Å². The highest BCUT2D eigenvalue weighted by Gasteiger charge is 2.10. The van der Waals surface area contributed by atoms with E-state index < -0.39 is 0 Å². The molecule has 3 heteroatoms. The Morgan fingerprint density at radius 2 is 2.14 bits per heavy atom. The fourth-order valence-corrected chi connectivity index (χ4v) is 1.87. The standard InChI is InChI=1S/C11H13BrO2/c1-7-4-5-9(6-8(2)13)11(14-3)10(7)12/h4-5H,6H2,1-3H3. The van der Waals surface area contributed by atoms with Crippen LogP contribution in [0.5, 0.6) is 5.75 Å². The summed E-state index contributed by atoms with van der Waals surface area (Å²) in [5, 5.41) is 0. The third-order valence-corrected chi connectivity index (χ3v) is 3.00. The molecule has 0 bridgehead atoms. The Balaban J connectivity index is 3.17. The first-order valence-electron chi connectivity index (χ1n) is 4.37. The molecule has 1 rings (SSSR count). The number of carbonyl (C=O) groups excluding carboxylic acids is 1. The molecular weight excluding hydrogens is 244 g/mol. The summed E-state index contributed by atoms with van der Waals surface area (Å²) in [6.45, 7) is 3.57. The Morgan fingerprint density at radius 3 is 2.64 bits per heavy atom. The normalized spacial score (nSPS) is 10.0. The predicted molar refractivity (Wildman–Crippen MR) is 59.8 cm³/mol. The molecule has 0 fully saturated rings. The predicted octanol–water partition coefficient (Wildman–Crippen LogP) is 2.90. The molecule has 0 saturated heterocycles. The summed E-state index contributed by atoms with van der Waals surface area (Å²) < 4.78 is 6.19. The van der Waals surface area contributed by atoms with Gasteiger partial charge in [0.2, 0.25) is 0 Å². The van der Waals surface area contributed by atoms with Crippen LogP contribution in [0.4, 0.5) is 0 Å². The van der Waals surface area contributed by atoms with Crippen molar-refractivity contribution >= 4 is 21.7 Å². The third kappa shape index (κ3) is 2.35. The van der Waals surface area contributed by atoms with Crippen molar-refractivity contribution in [2.24, 2.45) is 0 Å². The maximum Gasteiger partial charge on any atom is 0.136 e. The van der Waals surface area contributed by atoms with Crippen molar-refractivity contribution < 1.29 is 9.53 Å². The number of halogens is 1. The van der Waals surface area contributed by atoms with E-state index in [0.717, 1.165) is 21.3 Å². The molecule has 0 heterocycles. The zero-order chi connectivity index (χ0) is 10.7. The fourth-order valence-electron chi connectivity index (χ4n) is 1.32. The Bertz CT molecular complexity index is 359. The largest absolute Gasteiger partial charge is 0.495 e. The molecule has 0 N–H and O–H groups in total. The number of ether oxygens (including phenoxy) is 1. The van der Waals surface area contributed by atoms with Gasteiger partial charge in [0.15, 0.2) is 0 Å². The van der Waals surface area contributed by atoms with Crippen LogP contribution in [-0.2, 0) is 11.2 Å². The van der Waals surface area contributed by atoms with Crippen LogP contribution in [0.25, 0.3) is 0 Å². The molecule has 0 atom stereocenters. The van der Waals surface area contributed by atoms with Crippen LogP contribution in [0.2, 0.25) is 0 Å². The van der Waals surface area contributed by atoms with Gasteiger partial charge in [-0.3, -0.25) is 4.79 Å². The van der Waals surface area contributed by atoms with Gasteiger partial charge in [0, 0.05) is 12.0 Å². The average Bonchev–Trinajstić information content (AvgIpc) is 2.11. The van der Waals surface area contributed by atoms with E-state index in [1.54, 1.807) is 14.0 Å². The van der Waals surface area contributed by atoms with E-state index in [2.05, 4.69) is 15.9 Å². The minimum Gasteiger partial charge on any atom is -0.495 e.